The molecule has 1 unspecified atom stereocenters. The first kappa shape index (κ1) is 21.4. The van der Waals surface area contributed by atoms with Gasteiger partial charge in [0.2, 0.25) is 0 Å². The number of ether oxygens (including phenoxy) is 2. The average molecular weight is 405 g/mol. The Balaban J connectivity index is 1.67. The molecule has 1 atom stereocenters. The smallest absolute Gasteiger partial charge is 0.251 e. The Bertz CT molecular complexity index is 940. The lowest BCUT2D eigenvalue weighted by atomic mass is 10.0. The monoisotopic (exact) mass is 404 g/mol. The van der Waals surface area contributed by atoms with Crippen molar-refractivity contribution in [2.75, 3.05) is 27.7 Å². The summed E-state index contributed by atoms with van der Waals surface area (Å²) in [7, 11) is 5.66. The molecule has 0 saturated carbocycles. The van der Waals surface area contributed by atoms with Gasteiger partial charge < -0.3 is 19.7 Å². The van der Waals surface area contributed by atoms with Crippen LogP contribution in [0.3, 0.4) is 0 Å². The fourth-order valence-corrected chi connectivity index (χ4v) is 3.25. The van der Waals surface area contributed by atoms with Crippen LogP contribution in [0.5, 0.6) is 11.5 Å². The topological polar surface area (TPSA) is 50.8 Å². The number of amides is 1. The SMILES string of the molecule is COc1ccc(C(CNC(=O)c2ccccc2COc2ccccc2)N(C)C)cc1. The van der Waals surface area contributed by atoms with Gasteiger partial charge in [-0.3, -0.25) is 4.79 Å². The van der Waals surface area contributed by atoms with Gasteiger partial charge in [-0.2, -0.15) is 0 Å². The van der Waals surface area contributed by atoms with Crippen LogP contribution in [0.4, 0.5) is 0 Å². The van der Waals surface area contributed by atoms with Gasteiger partial charge in [0, 0.05) is 17.7 Å². The normalized spacial score (nSPS) is 11.7. The molecule has 1 N–H and O–H groups in total. The van der Waals surface area contributed by atoms with E-state index in [0.717, 1.165) is 22.6 Å². The maximum absolute atomic E-state index is 12.9. The maximum atomic E-state index is 12.9. The van der Waals surface area contributed by atoms with Gasteiger partial charge in [-0.15, -0.1) is 0 Å². The van der Waals surface area contributed by atoms with E-state index in [-0.39, 0.29) is 11.9 Å². The predicted molar refractivity (Wildman–Crippen MR) is 119 cm³/mol. The third kappa shape index (κ3) is 5.61. The number of rotatable bonds is 9. The number of methoxy groups -OCH3 is 1. The van der Waals surface area contributed by atoms with Crippen LogP contribution in [-0.4, -0.2) is 38.6 Å². The summed E-state index contributed by atoms with van der Waals surface area (Å²) < 4.78 is 11.1. The highest BCUT2D eigenvalue weighted by atomic mass is 16.5. The van der Waals surface area contributed by atoms with Crippen LogP contribution >= 0.6 is 0 Å². The second-order valence-corrected chi connectivity index (χ2v) is 7.22. The van der Waals surface area contributed by atoms with Crippen molar-refractivity contribution < 1.29 is 14.3 Å². The lowest BCUT2D eigenvalue weighted by Gasteiger charge is -2.25. The molecular formula is C25H28N2O3. The molecule has 0 heterocycles. The van der Waals surface area contributed by atoms with Crippen molar-refractivity contribution in [3.63, 3.8) is 0 Å². The number of likely N-dealkylation sites (N-methyl/N-ethyl adjacent to an activating group) is 1. The van der Waals surface area contributed by atoms with Crippen molar-refractivity contribution in [2.45, 2.75) is 12.6 Å². The Hall–Kier alpha value is -3.31. The van der Waals surface area contributed by atoms with Crippen molar-refractivity contribution in [1.82, 2.24) is 10.2 Å². The number of nitrogens with one attached hydrogen (secondary N) is 1. The summed E-state index contributed by atoms with van der Waals surface area (Å²) in [4.78, 5) is 15.0. The van der Waals surface area contributed by atoms with E-state index in [1.807, 2.05) is 93.0 Å². The third-order valence-electron chi connectivity index (χ3n) is 4.98. The van der Waals surface area contributed by atoms with Crippen molar-refractivity contribution in [3.8, 4) is 11.5 Å². The fraction of sp³-hybridized carbons (Fsp3) is 0.240. The zero-order valence-electron chi connectivity index (χ0n) is 17.7. The molecule has 5 nitrogen and oxygen atoms in total. The van der Waals surface area contributed by atoms with E-state index in [0.29, 0.717) is 18.7 Å². The van der Waals surface area contributed by atoms with Gasteiger partial charge in [0.15, 0.2) is 0 Å². The van der Waals surface area contributed by atoms with Gasteiger partial charge in [0.1, 0.15) is 18.1 Å². The van der Waals surface area contributed by atoms with E-state index < -0.39 is 0 Å². The van der Waals surface area contributed by atoms with Gasteiger partial charge in [-0.05, 0) is 50.0 Å². The molecule has 30 heavy (non-hydrogen) atoms. The van der Waals surface area contributed by atoms with Crippen LogP contribution in [-0.2, 0) is 6.61 Å². The predicted octanol–water partition coefficient (Wildman–Crippen LogP) is 4.31. The molecular weight excluding hydrogens is 376 g/mol. The molecule has 0 saturated heterocycles. The number of carbonyl (C=O) groups is 1. The van der Waals surface area contributed by atoms with E-state index in [2.05, 4.69) is 10.2 Å². The van der Waals surface area contributed by atoms with Gasteiger partial charge in [0.05, 0.1) is 13.2 Å². The molecule has 3 aromatic carbocycles. The summed E-state index contributed by atoms with van der Waals surface area (Å²) >= 11 is 0. The minimum Gasteiger partial charge on any atom is -0.497 e. The maximum Gasteiger partial charge on any atom is 0.251 e. The van der Waals surface area contributed by atoms with Gasteiger partial charge in [0.25, 0.3) is 5.91 Å². The molecule has 5 heteroatoms. The van der Waals surface area contributed by atoms with E-state index in [9.17, 15) is 4.79 Å². The highest BCUT2D eigenvalue weighted by Gasteiger charge is 2.17. The van der Waals surface area contributed by atoms with Crippen molar-refractivity contribution >= 4 is 5.91 Å². The van der Waals surface area contributed by atoms with Crippen molar-refractivity contribution in [1.29, 1.82) is 0 Å². The molecule has 0 aromatic heterocycles. The number of hydrogen-bond acceptors (Lipinski definition) is 4. The van der Waals surface area contributed by atoms with Gasteiger partial charge in [-0.25, -0.2) is 0 Å². The second-order valence-electron chi connectivity index (χ2n) is 7.22. The first-order valence-electron chi connectivity index (χ1n) is 9.93. The largest absolute Gasteiger partial charge is 0.497 e. The Morgan fingerprint density at radius 3 is 2.23 bits per heavy atom. The molecule has 0 aliphatic carbocycles. The van der Waals surface area contributed by atoms with Crippen LogP contribution in [0.1, 0.15) is 27.5 Å². The van der Waals surface area contributed by atoms with Gasteiger partial charge >= 0.3 is 0 Å². The van der Waals surface area contributed by atoms with Crippen LogP contribution in [0.15, 0.2) is 78.9 Å². The lowest BCUT2D eigenvalue weighted by molar-refractivity contribution is 0.0939. The molecule has 0 aliphatic rings. The zero-order chi connectivity index (χ0) is 21.3. The molecule has 1 amide bonds. The van der Waals surface area contributed by atoms with E-state index in [1.165, 1.54) is 0 Å². The number of carbonyl (C=O) groups excluding carboxylic acids is 1. The Morgan fingerprint density at radius 1 is 0.900 bits per heavy atom. The standard InChI is InChI=1S/C25H28N2O3/c1-27(2)24(19-13-15-21(29-3)16-14-19)17-26-25(28)23-12-8-7-9-20(23)18-30-22-10-5-4-6-11-22/h4-16,24H,17-18H2,1-3H3,(H,26,28). The van der Waals surface area contributed by atoms with E-state index in [1.54, 1.807) is 7.11 Å². The molecule has 156 valence electrons. The first-order valence-corrected chi connectivity index (χ1v) is 9.93. The van der Waals surface area contributed by atoms with E-state index in [4.69, 9.17) is 9.47 Å². The minimum atomic E-state index is -0.109. The summed E-state index contributed by atoms with van der Waals surface area (Å²) in [5.74, 6) is 1.48. The highest BCUT2D eigenvalue weighted by Crippen LogP contribution is 2.21. The Kier molecular flexibility index (Phi) is 7.46. The highest BCUT2D eigenvalue weighted by molar-refractivity contribution is 5.95. The average Bonchev–Trinajstić information content (AvgIpc) is 2.79. The Labute approximate surface area is 178 Å². The minimum absolute atomic E-state index is 0.0487. The van der Waals surface area contributed by atoms with Crippen LogP contribution in [0.2, 0.25) is 0 Å². The molecule has 0 fully saturated rings. The van der Waals surface area contributed by atoms with Crippen LogP contribution in [0, 0.1) is 0 Å². The molecule has 3 rings (SSSR count). The van der Waals surface area contributed by atoms with Crippen LogP contribution in [0.25, 0.3) is 0 Å². The van der Waals surface area contributed by atoms with E-state index >= 15 is 0 Å². The number of benzene rings is 3. The number of hydrogen-bond donors (Lipinski definition) is 1. The summed E-state index contributed by atoms with van der Waals surface area (Å²) in [6, 6.07) is 25.1. The Morgan fingerprint density at radius 2 is 1.57 bits per heavy atom. The summed E-state index contributed by atoms with van der Waals surface area (Å²) in [6.07, 6.45) is 0. The summed E-state index contributed by atoms with van der Waals surface area (Å²) in [6.45, 7) is 0.829. The number of nitrogens with zero attached hydrogens (tertiary/aromatic N) is 1. The van der Waals surface area contributed by atoms with Crippen molar-refractivity contribution in [2.24, 2.45) is 0 Å². The third-order valence-corrected chi connectivity index (χ3v) is 4.98. The van der Waals surface area contributed by atoms with Crippen LogP contribution < -0.4 is 14.8 Å². The quantitative estimate of drug-likeness (QED) is 0.578. The molecule has 0 radical (unpaired) electrons. The van der Waals surface area contributed by atoms with Gasteiger partial charge in [-0.1, -0.05) is 48.5 Å². The fourth-order valence-electron chi connectivity index (χ4n) is 3.25. The zero-order valence-corrected chi connectivity index (χ0v) is 17.7. The second kappa shape index (κ2) is 10.5. The first-order chi connectivity index (χ1) is 14.6. The molecule has 0 spiro atoms. The lowest BCUT2D eigenvalue weighted by Crippen LogP contribution is -2.35. The number of para-hydroxylation sites is 1. The molecule has 0 aliphatic heterocycles. The molecule has 3 aromatic rings. The summed E-state index contributed by atoms with van der Waals surface area (Å²) in [5, 5.41) is 3.08. The van der Waals surface area contributed by atoms with Crippen molar-refractivity contribution in [3.05, 3.63) is 95.6 Å². The molecule has 0 bridgehead atoms. The summed E-state index contributed by atoms with van der Waals surface area (Å²) in [5.41, 5.74) is 2.59.